The number of rotatable bonds is 4. The van der Waals surface area contributed by atoms with Crippen LogP contribution in [0.5, 0.6) is 0 Å². The molecule has 1 heterocycles. The quantitative estimate of drug-likeness (QED) is 0.910. The molecule has 1 aliphatic heterocycles. The highest BCUT2D eigenvalue weighted by atomic mass is 16.4. The second-order valence-corrected chi connectivity index (χ2v) is 5.64. The van der Waals surface area contributed by atoms with Gasteiger partial charge in [0.1, 0.15) is 0 Å². The molecule has 0 amide bonds. The Bertz CT molecular complexity index is 643. The van der Waals surface area contributed by atoms with E-state index in [1.807, 2.05) is 18.2 Å². The summed E-state index contributed by atoms with van der Waals surface area (Å²) < 4.78 is 0. The van der Waals surface area contributed by atoms with E-state index in [2.05, 4.69) is 34.5 Å². The van der Waals surface area contributed by atoms with Crippen LogP contribution in [0.3, 0.4) is 0 Å². The molecule has 0 aliphatic carbocycles. The van der Waals surface area contributed by atoms with Crippen molar-refractivity contribution in [1.29, 1.82) is 0 Å². The first-order chi connectivity index (χ1) is 10.7. The zero-order chi connectivity index (χ0) is 15.4. The number of piperazine rings is 1. The van der Waals surface area contributed by atoms with Crippen LogP contribution in [0.25, 0.3) is 0 Å². The van der Waals surface area contributed by atoms with Crippen LogP contribution >= 0.6 is 0 Å². The number of hydrogen-bond acceptors (Lipinski definition) is 3. The molecule has 3 rings (SSSR count). The number of anilines is 1. The van der Waals surface area contributed by atoms with Gasteiger partial charge in [-0.15, -0.1) is 0 Å². The van der Waals surface area contributed by atoms with Crippen LogP contribution < -0.4 is 10.2 Å². The van der Waals surface area contributed by atoms with E-state index in [-0.39, 0.29) is 0 Å². The van der Waals surface area contributed by atoms with Crippen LogP contribution in [-0.2, 0) is 6.42 Å². The number of aromatic carboxylic acids is 1. The Labute approximate surface area is 130 Å². The molecule has 0 unspecified atom stereocenters. The number of nitrogens with one attached hydrogen (secondary N) is 1. The van der Waals surface area contributed by atoms with Crippen LogP contribution in [0.15, 0.2) is 54.6 Å². The third-order valence-electron chi connectivity index (χ3n) is 4.04. The summed E-state index contributed by atoms with van der Waals surface area (Å²) in [5.74, 6) is -0.877. The Morgan fingerprint density at radius 2 is 2.00 bits per heavy atom. The van der Waals surface area contributed by atoms with Crippen LogP contribution in [-0.4, -0.2) is 36.8 Å². The van der Waals surface area contributed by atoms with Gasteiger partial charge in [-0.1, -0.05) is 36.4 Å². The van der Waals surface area contributed by atoms with Gasteiger partial charge in [-0.25, -0.2) is 4.79 Å². The van der Waals surface area contributed by atoms with Crippen molar-refractivity contribution in [2.45, 2.75) is 12.5 Å². The molecule has 22 heavy (non-hydrogen) atoms. The van der Waals surface area contributed by atoms with Gasteiger partial charge < -0.3 is 15.3 Å². The standard InChI is InChI=1S/C18H20N2O2/c21-18(22)15-7-4-8-17(12-15)20-10-9-19-16(13-20)11-14-5-2-1-3-6-14/h1-8,12,16,19H,9-11,13H2,(H,21,22)/t16-/m1/s1. The molecule has 2 aromatic rings. The van der Waals surface area contributed by atoms with Crippen LogP contribution in [0.4, 0.5) is 5.69 Å². The van der Waals surface area contributed by atoms with E-state index >= 15 is 0 Å². The van der Waals surface area contributed by atoms with Gasteiger partial charge in [0.25, 0.3) is 0 Å². The molecule has 1 fully saturated rings. The largest absolute Gasteiger partial charge is 0.478 e. The fourth-order valence-electron chi connectivity index (χ4n) is 2.93. The van der Waals surface area contributed by atoms with E-state index in [4.69, 9.17) is 5.11 Å². The maximum absolute atomic E-state index is 11.1. The van der Waals surface area contributed by atoms with Gasteiger partial charge in [-0.3, -0.25) is 0 Å². The molecule has 1 atom stereocenters. The number of carboxylic acids is 1. The molecule has 0 bridgehead atoms. The lowest BCUT2D eigenvalue weighted by Crippen LogP contribution is -2.51. The summed E-state index contributed by atoms with van der Waals surface area (Å²) in [7, 11) is 0. The molecule has 2 N–H and O–H groups in total. The molecule has 4 heteroatoms. The third-order valence-corrected chi connectivity index (χ3v) is 4.04. The summed E-state index contributed by atoms with van der Waals surface area (Å²) in [4.78, 5) is 13.4. The second kappa shape index (κ2) is 6.62. The molecule has 0 saturated carbocycles. The Morgan fingerprint density at radius 1 is 1.18 bits per heavy atom. The molecule has 0 spiro atoms. The van der Waals surface area contributed by atoms with E-state index < -0.39 is 5.97 Å². The fourth-order valence-corrected chi connectivity index (χ4v) is 2.93. The lowest BCUT2D eigenvalue weighted by molar-refractivity contribution is 0.0697. The van der Waals surface area contributed by atoms with Crippen molar-refractivity contribution in [2.75, 3.05) is 24.5 Å². The SMILES string of the molecule is O=C(O)c1cccc(N2CCN[C@H](Cc3ccccc3)C2)c1. The van der Waals surface area contributed by atoms with Crippen LogP contribution in [0.1, 0.15) is 15.9 Å². The molecular formula is C18H20N2O2. The maximum Gasteiger partial charge on any atom is 0.335 e. The topological polar surface area (TPSA) is 52.6 Å². The molecule has 114 valence electrons. The number of nitrogens with zero attached hydrogens (tertiary/aromatic N) is 1. The monoisotopic (exact) mass is 296 g/mol. The minimum absolute atomic E-state index is 0.343. The van der Waals surface area contributed by atoms with E-state index in [9.17, 15) is 4.79 Å². The first kappa shape index (κ1) is 14.6. The Hall–Kier alpha value is -2.33. The van der Waals surface area contributed by atoms with Crippen molar-refractivity contribution in [2.24, 2.45) is 0 Å². The molecular weight excluding hydrogens is 276 g/mol. The van der Waals surface area contributed by atoms with Crippen LogP contribution in [0, 0.1) is 0 Å². The van der Waals surface area contributed by atoms with Crippen molar-refractivity contribution >= 4 is 11.7 Å². The van der Waals surface area contributed by atoms with Gasteiger partial charge in [0.05, 0.1) is 5.56 Å². The predicted octanol–water partition coefficient (Wildman–Crippen LogP) is 2.41. The number of carbonyl (C=O) groups is 1. The summed E-state index contributed by atoms with van der Waals surface area (Å²) >= 11 is 0. The minimum Gasteiger partial charge on any atom is -0.478 e. The van der Waals surface area contributed by atoms with Crippen LogP contribution in [0.2, 0.25) is 0 Å². The van der Waals surface area contributed by atoms with Gasteiger partial charge >= 0.3 is 5.97 Å². The molecule has 2 aromatic carbocycles. The van der Waals surface area contributed by atoms with Crippen molar-refractivity contribution < 1.29 is 9.90 Å². The summed E-state index contributed by atoms with van der Waals surface area (Å²) in [5, 5.41) is 12.7. The van der Waals surface area contributed by atoms with Crippen molar-refractivity contribution in [3.05, 3.63) is 65.7 Å². The van der Waals surface area contributed by atoms with E-state index in [0.29, 0.717) is 11.6 Å². The Kier molecular flexibility index (Phi) is 4.39. The smallest absolute Gasteiger partial charge is 0.335 e. The Morgan fingerprint density at radius 3 is 2.77 bits per heavy atom. The van der Waals surface area contributed by atoms with Crippen molar-refractivity contribution in [3.63, 3.8) is 0 Å². The zero-order valence-corrected chi connectivity index (χ0v) is 12.4. The fraction of sp³-hybridized carbons (Fsp3) is 0.278. The summed E-state index contributed by atoms with van der Waals surface area (Å²) in [6.45, 7) is 2.70. The highest BCUT2D eigenvalue weighted by molar-refractivity contribution is 5.88. The van der Waals surface area contributed by atoms with Gasteiger partial charge in [-0.05, 0) is 30.2 Å². The molecule has 1 saturated heterocycles. The highest BCUT2D eigenvalue weighted by Gasteiger charge is 2.20. The lowest BCUT2D eigenvalue weighted by Gasteiger charge is -2.35. The zero-order valence-electron chi connectivity index (χ0n) is 12.4. The second-order valence-electron chi connectivity index (χ2n) is 5.64. The molecule has 0 radical (unpaired) electrons. The minimum atomic E-state index is -0.877. The average Bonchev–Trinajstić information content (AvgIpc) is 2.56. The predicted molar refractivity (Wildman–Crippen MR) is 87.6 cm³/mol. The van der Waals surface area contributed by atoms with Gasteiger partial charge in [-0.2, -0.15) is 0 Å². The van der Waals surface area contributed by atoms with Gasteiger partial charge in [0.2, 0.25) is 0 Å². The number of hydrogen-bond donors (Lipinski definition) is 2. The lowest BCUT2D eigenvalue weighted by atomic mass is 10.0. The summed E-state index contributed by atoms with van der Waals surface area (Å²) in [6, 6.07) is 18.0. The van der Waals surface area contributed by atoms with E-state index in [1.165, 1.54) is 5.56 Å². The highest BCUT2D eigenvalue weighted by Crippen LogP contribution is 2.19. The van der Waals surface area contributed by atoms with E-state index in [1.54, 1.807) is 12.1 Å². The first-order valence-corrected chi connectivity index (χ1v) is 7.58. The summed E-state index contributed by atoms with van der Waals surface area (Å²) in [5.41, 5.74) is 2.65. The summed E-state index contributed by atoms with van der Waals surface area (Å²) in [6.07, 6.45) is 0.982. The first-order valence-electron chi connectivity index (χ1n) is 7.58. The molecule has 0 aromatic heterocycles. The molecule has 4 nitrogen and oxygen atoms in total. The normalized spacial score (nSPS) is 18.2. The van der Waals surface area contributed by atoms with Gasteiger partial charge in [0.15, 0.2) is 0 Å². The number of carboxylic acid groups (broad SMARTS) is 1. The maximum atomic E-state index is 11.1. The van der Waals surface area contributed by atoms with Crippen molar-refractivity contribution in [1.82, 2.24) is 5.32 Å². The average molecular weight is 296 g/mol. The third kappa shape index (κ3) is 3.46. The van der Waals surface area contributed by atoms with Gasteiger partial charge in [0, 0.05) is 31.4 Å². The van der Waals surface area contributed by atoms with E-state index in [0.717, 1.165) is 31.7 Å². The van der Waals surface area contributed by atoms with Crippen molar-refractivity contribution in [3.8, 4) is 0 Å². The number of benzene rings is 2. The molecule has 1 aliphatic rings. The Balaban J connectivity index is 1.70.